The van der Waals surface area contributed by atoms with Gasteiger partial charge in [0.2, 0.25) is 5.91 Å². The van der Waals surface area contributed by atoms with E-state index < -0.39 is 17.1 Å². The highest BCUT2D eigenvalue weighted by Crippen LogP contribution is 2.27. The molecular weight excluding hydrogens is 388 g/mol. The summed E-state index contributed by atoms with van der Waals surface area (Å²) in [5, 5.41) is 16.5. The number of cyclic esters (lactones) is 1. The smallest absolute Gasteiger partial charge is 0.414 e. The van der Waals surface area contributed by atoms with Crippen molar-refractivity contribution in [3.05, 3.63) is 57.6 Å². The number of halogens is 1. The van der Waals surface area contributed by atoms with Gasteiger partial charge in [-0.25, -0.2) is 4.79 Å². The van der Waals surface area contributed by atoms with Crippen molar-refractivity contribution in [3.63, 3.8) is 0 Å². The molecule has 28 heavy (non-hydrogen) atoms. The van der Waals surface area contributed by atoms with Crippen molar-refractivity contribution in [2.45, 2.75) is 13.0 Å². The fourth-order valence-corrected chi connectivity index (χ4v) is 2.89. The summed E-state index contributed by atoms with van der Waals surface area (Å²) in [6.45, 7) is 2.47. The molecule has 1 aliphatic rings. The summed E-state index contributed by atoms with van der Waals surface area (Å²) in [6, 6.07) is 10.2. The predicted octanol–water partition coefficient (Wildman–Crippen LogP) is 3.64. The van der Waals surface area contributed by atoms with Crippen LogP contribution in [0.2, 0.25) is 5.02 Å². The fourth-order valence-electron chi connectivity index (χ4n) is 2.67. The van der Waals surface area contributed by atoms with E-state index in [2.05, 4.69) is 10.6 Å². The van der Waals surface area contributed by atoms with Gasteiger partial charge >= 0.3 is 6.09 Å². The van der Waals surface area contributed by atoms with Crippen LogP contribution in [0, 0.1) is 10.1 Å². The molecule has 9 nitrogen and oxygen atoms in total. The summed E-state index contributed by atoms with van der Waals surface area (Å²) < 4.78 is 4.93. The van der Waals surface area contributed by atoms with Crippen LogP contribution in [0.15, 0.2) is 42.5 Å². The number of nitrogens with one attached hydrogen (secondary N) is 2. The van der Waals surface area contributed by atoms with Gasteiger partial charge in [0.25, 0.3) is 5.69 Å². The normalized spacial score (nSPS) is 14.4. The molecule has 2 aromatic carbocycles. The van der Waals surface area contributed by atoms with Gasteiger partial charge < -0.3 is 15.4 Å². The first kappa shape index (κ1) is 19.4. The number of hydrogen-bond donors (Lipinski definition) is 2. The van der Waals surface area contributed by atoms with Crippen LogP contribution in [0.25, 0.3) is 0 Å². The van der Waals surface area contributed by atoms with Gasteiger partial charge in [-0.05, 0) is 31.2 Å². The third-order valence-electron chi connectivity index (χ3n) is 4.12. The first-order chi connectivity index (χ1) is 13.3. The maximum Gasteiger partial charge on any atom is 0.414 e. The lowest BCUT2D eigenvalue weighted by Gasteiger charge is -2.18. The van der Waals surface area contributed by atoms with Gasteiger partial charge in [0.15, 0.2) is 0 Å². The average Bonchev–Trinajstić information content (AvgIpc) is 3.09. The zero-order valence-corrected chi connectivity index (χ0v) is 15.6. The second-order valence-electron chi connectivity index (χ2n) is 6.09. The van der Waals surface area contributed by atoms with Crippen LogP contribution in [0.3, 0.4) is 0 Å². The molecule has 0 aromatic heterocycles. The van der Waals surface area contributed by atoms with E-state index in [1.165, 1.54) is 23.1 Å². The quantitative estimate of drug-likeness (QED) is 0.561. The summed E-state index contributed by atoms with van der Waals surface area (Å²) >= 11 is 6.00. The molecular formula is C18H17ClN4O5. The van der Waals surface area contributed by atoms with Crippen molar-refractivity contribution in [2.24, 2.45) is 0 Å². The minimum absolute atomic E-state index is 0.0734. The second kappa shape index (κ2) is 8.13. The number of nitro groups is 1. The first-order valence-electron chi connectivity index (χ1n) is 8.41. The minimum atomic E-state index is -0.632. The topological polar surface area (TPSA) is 114 Å². The zero-order valence-electron chi connectivity index (χ0n) is 14.8. The molecule has 1 unspecified atom stereocenters. The average molecular weight is 405 g/mol. The van der Waals surface area contributed by atoms with E-state index >= 15 is 0 Å². The highest BCUT2D eigenvalue weighted by atomic mass is 35.5. The molecule has 2 aromatic rings. The van der Waals surface area contributed by atoms with Crippen LogP contribution in [-0.4, -0.2) is 36.1 Å². The van der Waals surface area contributed by atoms with Crippen LogP contribution in [0.4, 0.5) is 27.5 Å². The van der Waals surface area contributed by atoms with Crippen LogP contribution in [0.5, 0.6) is 0 Å². The van der Waals surface area contributed by atoms with Crippen LogP contribution >= 0.6 is 11.6 Å². The van der Waals surface area contributed by atoms with Crippen molar-refractivity contribution in [2.75, 3.05) is 28.7 Å². The number of rotatable bonds is 6. The van der Waals surface area contributed by atoms with Gasteiger partial charge in [0.05, 0.1) is 22.2 Å². The zero-order chi connectivity index (χ0) is 20.3. The van der Waals surface area contributed by atoms with Gasteiger partial charge in [0, 0.05) is 23.5 Å². The SMILES string of the molecule is CC(Nc1cccc(N2CCOC2=O)c1)C(=O)Nc1ccc([N+](=O)[O-])cc1Cl. The molecule has 10 heteroatoms. The van der Waals surface area contributed by atoms with Gasteiger partial charge in [-0.15, -0.1) is 0 Å². The third-order valence-corrected chi connectivity index (χ3v) is 4.43. The molecule has 1 aliphatic heterocycles. The first-order valence-corrected chi connectivity index (χ1v) is 8.78. The molecule has 0 aliphatic carbocycles. The Balaban J connectivity index is 1.66. The molecule has 0 saturated carbocycles. The lowest BCUT2D eigenvalue weighted by Crippen LogP contribution is -2.32. The number of carbonyl (C=O) groups is 2. The maximum absolute atomic E-state index is 12.4. The van der Waals surface area contributed by atoms with Crippen molar-refractivity contribution >= 4 is 46.4 Å². The highest BCUT2D eigenvalue weighted by molar-refractivity contribution is 6.34. The van der Waals surface area contributed by atoms with Gasteiger partial charge in [-0.3, -0.25) is 19.8 Å². The van der Waals surface area contributed by atoms with E-state index in [1.54, 1.807) is 31.2 Å². The molecule has 146 valence electrons. The molecule has 1 heterocycles. The molecule has 0 spiro atoms. The Morgan fingerprint density at radius 1 is 1.32 bits per heavy atom. The monoisotopic (exact) mass is 404 g/mol. The number of nitrogens with zero attached hydrogens (tertiary/aromatic N) is 2. The largest absolute Gasteiger partial charge is 0.447 e. The van der Waals surface area contributed by atoms with E-state index in [0.29, 0.717) is 24.5 Å². The molecule has 1 saturated heterocycles. The summed E-state index contributed by atoms with van der Waals surface area (Å²) in [6.07, 6.45) is -0.407. The fraction of sp³-hybridized carbons (Fsp3) is 0.222. The second-order valence-corrected chi connectivity index (χ2v) is 6.50. The van der Waals surface area contributed by atoms with Crippen molar-refractivity contribution in [1.29, 1.82) is 0 Å². The predicted molar refractivity (Wildman–Crippen MR) is 105 cm³/mol. The van der Waals surface area contributed by atoms with E-state index in [1.807, 2.05) is 0 Å². The molecule has 2 N–H and O–H groups in total. The van der Waals surface area contributed by atoms with Crippen molar-refractivity contribution in [3.8, 4) is 0 Å². The number of benzene rings is 2. The summed E-state index contributed by atoms with van der Waals surface area (Å²) in [4.78, 5) is 35.8. The summed E-state index contributed by atoms with van der Waals surface area (Å²) in [7, 11) is 0. The lowest BCUT2D eigenvalue weighted by atomic mass is 10.2. The van der Waals surface area contributed by atoms with E-state index in [9.17, 15) is 19.7 Å². The van der Waals surface area contributed by atoms with Gasteiger partial charge in [-0.1, -0.05) is 17.7 Å². The highest BCUT2D eigenvalue weighted by Gasteiger charge is 2.24. The molecule has 3 rings (SSSR count). The Labute approximate surface area is 165 Å². The van der Waals surface area contributed by atoms with E-state index in [-0.39, 0.29) is 22.3 Å². The summed E-state index contributed by atoms with van der Waals surface area (Å²) in [5.41, 5.74) is 1.43. The minimum Gasteiger partial charge on any atom is -0.447 e. The van der Waals surface area contributed by atoms with E-state index in [0.717, 1.165) is 0 Å². The number of nitro benzene ring substituents is 1. The van der Waals surface area contributed by atoms with Gasteiger partial charge in [-0.2, -0.15) is 0 Å². The molecule has 2 amide bonds. The summed E-state index contributed by atoms with van der Waals surface area (Å²) in [5.74, 6) is -0.373. The van der Waals surface area contributed by atoms with E-state index in [4.69, 9.17) is 16.3 Å². The number of amides is 2. The standard InChI is InChI=1S/C18H17ClN4O5/c1-11(17(24)21-16-6-5-14(23(26)27)10-15(16)19)20-12-3-2-4-13(9-12)22-7-8-28-18(22)25/h2-6,9-11,20H,7-8H2,1H3,(H,21,24). The van der Waals surface area contributed by atoms with Crippen LogP contribution < -0.4 is 15.5 Å². The lowest BCUT2D eigenvalue weighted by molar-refractivity contribution is -0.384. The Hall–Kier alpha value is -3.33. The number of non-ortho nitro benzene ring substituents is 1. The Bertz CT molecular complexity index is 936. The van der Waals surface area contributed by atoms with Crippen LogP contribution in [-0.2, 0) is 9.53 Å². The maximum atomic E-state index is 12.4. The Morgan fingerprint density at radius 2 is 2.11 bits per heavy atom. The van der Waals surface area contributed by atoms with Crippen molar-refractivity contribution < 1.29 is 19.2 Å². The van der Waals surface area contributed by atoms with Gasteiger partial charge in [0.1, 0.15) is 12.6 Å². The number of anilines is 3. The third kappa shape index (κ3) is 4.32. The number of ether oxygens (including phenoxy) is 1. The Kier molecular flexibility index (Phi) is 5.65. The number of carbonyl (C=O) groups excluding carboxylic acids is 2. The molecule has 1 atom stereocenters. The number of hydrogen-bond acceptors (Lipinski definition) is 6. The molecule has 0 radical (unpaired) electrons. The Morgan fingerprint density at radius 3 is 2.75 bits per heavy atom. The van der Waals surface area contributed by atoms with Crippen LogP contribution in [0.1, 0.15) is 6.92 Å². The molecule has 1 fully saturated rings. The molecule has 0 bridgehead atoms. The van der Waals surface area contributed by atoms with Crippen molar-refractivity contribution in [1.82, 2.24) is 0 Å².